The van der Waals surface area contributed by atoms with Gasteiger partial charge in [0, 0.05) is 11.3 Å². The maximum absolute atomic E-state index is 4.60. The van der Waals surface area contributed by atoms with Gasteiger partial charge in [-0.05, 0) is 42.5 Å². The molecular formula is C17H21ClCuN. The molecule has 0 fully saturated rings. The van der Waals surface area contributed by atoms with E-state index in [0.717, 1.165) is 11.4 Å². The molecule has 0 saturated carbocycles. The molecule has 0 aliphatic heterocycles. The summed E-state index contributed by atoms with van der Waals surface area (Å²) in [6.45, 7) is 10.9. The normalized spacial score (nSPS) is 10.8. The van der Waals surface area contributed by atoms with Crippen molar-refractivity contribution < 1.29 is 15.1 Å². The topological polar surface area (TPSA) is 12.9 Å². The van der Waals surface area contributed by atoms with E-state index in [4.69, 9.17) is 0 Å². The van der Waals surface area contributed by atoms with Crippen LogP contribution in [0.4, 0.5) is 0 Å². The molecule has 0 aliphatic carbocycles. The second-order valence-corrected chi connectivity index (χ2v) is 6.00. The standard InChI is InChI=1S/C17H21N.ClH.Cu/c1-12-10-13(2)18-16(11-12)14-6-8-15(9-7-14)17(3,4)5;;/h6-11H,1-5H3;1H;/q;;+1/p-1. The molecule has 1 nitrogen and oxygen atoms in total. The molecule has 0 radical (unpaired) electrons. The number of aromatic nitrogens is 1. The van der Waals surface area contributed by atoms with Crippen LogP contribution in [0.5, 0.6) is 0 Å². The first-order chi connectivity index (χ1) is 9.36. The summed E-state index contributed by atoms with van der Waals surface area (Å²) in [7, 11) is 4.20. The van der Waals surface area contributed by atoms with Crippen molar-refractivity contribution in [2.45, 2.75) is 40.0 Å². The Balaban J connectivity index is 0.000000956. The van der Waals surface area contributed by atoms with E-state index in [9.17, 15) is 0 Å². The van der Waals surface area contributed by atoms with Crippen LogP contribution in [0.25, 0.3) is 11.3 Å². The molecule has 1 aromatic carbocycles. The van der Waals surface area contributed by atoms with Crippen LogP contribution in [0.1, 0.15) is 37.6 Å². The Morgan fingerprint density at radius 3 is 1.95 bits per heavy atom. The second-order valence-electron chi connectivity index (χ2n) is 6.00. The minimum atomic E-state index is 0.203. The van der Waals surface area contributed by atoms with Gasteiger partial charge in [-0.1, -0.05) is 45.0 Å². The summed E-state index contributed by atoms with van der Waals surface area (Å²) in [6, 6.07) is 13.0. The molecule has 0 atom stereocenters. The van der Waals surface area contributed by atoms with Crippen LogP contribution < -0.4 is 0 Å². The van der Waals surface area contributed by atoms with E-state index in [2.05, 4.69) is 94.3 Å². The van der Waals surface area contributed by atoms with Crippen molar-refractivity contribution in [3.63, 3.8) is 0 Å². The third kappa shape index (κ3) is 4.63. The molecule has 0 bridgehead atoms. The Labute approximate surface area is 134 Å². The third-order valence-electron chi connectivity index (χ3n) is 3.14. The van der Waals surface area contributed by atoms with Crippen LogP contribution in [-0.4, -0.2) is 4.98 Å². The first kappa shape index (κ1) is 17.2. The molecule has 1 aromatic heterocycles. The van der Waals surface area contributed by atoms with Gasteiger partial charge >= 0.3 is 25.2 Å². The first-order valence-electron chi connectivity index (χ1n) is 6.54. The van der Waals surface area contributed by atoms with Crippen molar-refractivity contribution in [1.29, 1.82) is 0 Å². The summed E-state index contributed by atoms with van der Waals surface area (Å²) < 4.78 is 0. The summed E-state index contributed by atoms with van der Waals surface area (Å²) in [5.41, 5.74) is 6.15. The number of rotatable bonds is 1. The zero-order chi connectivity index (χ0) is 15.3. The molecular weight excluding hydrogens is 317 g/mol. The Morgan fingerprint density at radius 2 is 1.50 bits per heavy atom. The van der Waals surface area contributed by atoms with Crippen LogP contribution in [-0.2, 0) is 20.5 Å². The van der Waals surface area contributed by atoms with E-state index in [-0.39, 0.29) is 5.41 Å². The van der Waals surface area contributed by atoms with E-state index < -0.39 is 0 Å². The van der Waals surface area contributed by atoms with Gasteiger partial charge in [0.1, 0.15) is 0 Å². The van der Waals surface area contributed by atoms with Gasteiger partial charge in [-0.25, -0.2) is 0 Å². The molecule has 3 heteroatoms. The number of halogens is 1. The van der Waals surface area contributed by atoms with Gasteiger partial charge in [0.25, 0.3) is 0 Å². The molecule has 0 unspecified atom stereocenters. The van der Waals surface area contributed by atoms with Gasteiger partial charge in [0.2, 0.25) is 0 Å². The molecule has 2 aromatic rings. The van der Waals surface area contributed by atoms with Crippen molar-refractivity contribution in [2.75, 3.05) is 0 Å². The molecule has 0 spiro atoms. The van der Waals surface area contributed by atoms with E-state index in [1.54, 1.807) is 0 Å². The fraction of sp³-hybridized carbons (Fsp3) is 0.353. The molecule has 20 heavy (non-hydrogen) atoms. The van der Waals surface area contributed by atoms with Crippen molar-refractivity contribution in [3.05, 3.63) is 53.2 Å². The Hall–Kier alpha value is -0.821. The molecule has 0 N–H and O–H groups in total. The Kier molecular flexibility index (Phi) is 6.26. The summed E-state index contributed by atoms with van der Waals surface area (Å²) in [5, 5.41) is 0. The van der Waals surface area contributed by atoms with Crippen LogP contribution in [0.3, 0.4) is 0 Å². The van der Waals surface area contributed by atoms with E-state index >= 15 is 0 Å². The fourth-order valence-corrected chi connectivity index (χ4v) is 2.13. The van der Waals surface area contributed by atoms with Crippen molar-refractivity contribution >= 4 is 10.1 Å². The molecule has 1 heterocycles. The minimum absolute atomic E-state index is 0.203. The predicted octanol–water partition coefficient (Wildman–Crippen LogP) is 5.35. The molecule has 0 saturated heterocycles. The van der Waals surface area contributed by atoms with E-state index in [1.807, 2.05) is 6.92 Å². The average molecular weight is 338 g/mol. The summed E-state index contributed by atoms with van der Waals surface area (Å²) in [4.78, 5) is 4.60. The monoisotopic (exact) mass is 337 g/mol. The summed E-state index contributed by atoms with van der Waals surface area (Å²) in [5.74, 6) is 0. The second kappa shape index (κ2) is 7.26. The van der Waals surface area contributed by atoms with Crippen LogP contribution in [0.15, 0.2) is 36.4 Å². The van der Waals surface area contributed by atoms with Crippen LogP contribution in [0, 0.1) is 13.8 Å². The third-order valence-corrected chi connectivity index (χ3v) is 3.14. The fourth-order valence-electron chi connectivity index (χ4n) is 2.13. The summed E-state index contributed by atoms with van der Waals surface area (Å²) in [6.07, 6.45) is 0. The molecule has 2 rings (SSSR count). The number of nitrogens with zero attached hydrogens (tertiary/aromatic N) is 1. The average Bonchev–Trinajstić information content (AvgIpc) is 2.39. The zero-order valence-electron chi connectivity index (χ0n) is 12.6. The number of pyridine rings is 1. The van der Waals surface area contributed by atoms with E-state index in [1.165, 1.54) is 16.7 Å². The zero-order valence-corrected chi connectivity index (χ0v) is 14.3. The molecule has 0 amide bonds. The van der Waals surface area contributed by atoms with Gasteiger partial charge in [-0.15, -0.1) is 0 Å². The van der Waals surface area contributed by atoms with E-state index in [0.29, 0.717) is 0 Å². The van der Waals surface area contributed by atoms with Gasteiger partial charge in [-0.3, -0.25) is 4.98 Å². The van der Waals surface area contributed by atoms with Gasteiger partial charge in [0.15, 0.2) is 0 Å². The van der Waals surface area contributed by atoms with Crippen LogP contribution >= 0.6 is 10.1 Å². The number of hydrogen-bond acceptors (Lipinski definition) is 1. The summed E-state index contributed by atoms with van der Waals surface area (Å²) >= 11 is 3.66. The predicted molar refractivity (Wildman–Crippen MR) is 83.7 cm³/mol. The molecule has 112 valence electrons. The van der Waals surface area contributed by atoms with Crippen LogP contribution in [0.2, 0.25) is 0 Å². The van der Waals surface area contributed by atoms with Crippen molar-refractivity contribution in [1.82, 2.24) is 4.98 Å². The van der Waals surface area contributed by atoms with Gasteiger partial charge in [-0.2, -0.15) is 0 Å². The maximum atomic E-state index is 4.60. The SMILES string of the molecule is Cc1cc(C)nc(-c2ccc(C(C)(C)C)cc2)c1.[Cl][Cu]. The first-order valence-corrected chi connectivity index (χ1v) is 7.83. The van der Waals surface area contributed by atoms with Gasteiger partial charge < -0.3 is 0 Å². The number of benzene rings is 1. The number of aryl methyl sites for hydroxylation is 2. The van der Waals surface area contributed by atoms with Crippen molar-refractivity contribution in [3.8, 4) is 11.3 Å². The van der Waals surface area contributed by atoms with Crippen molar-refractivity contribution in [2.24, 2.45) is 0 Å². The number of hydrogen-bond donors (Lipinski definition) is 0. The quantitative estimate of drug-likeness (QED) is 0.639. The Bertz CT molecular complexity index is 536. The van der Waals surface area contributed by atoms with Gasteiger partial charge in [0.05, 0.1) is 5.69 Å². The molecule has 0 aliphatic rings. The Morgan fingerprint density at radius 1 is 0.950 bits per heavy atom.